The Balaban J connectivity index is 1.23. The van der Waals surface area contributed by atoms with E-state index in [2.05, 4.69) is 4.72 Å². The summed E-state index contributed by atoms with van der Waals surface area (Å²) < 4.78 is 26.1. The number of allylic oxidation sites excluding steroid dienone is 2. The summed E-state index contributed by atoms with van der Waals surface area (Å²) in [5.74, 6) is -1.70. The minimum atomic E-state index is -3.48. The van der Waals surface area contributed by atoms with Gasteiger partial charge in [-0.2, -0.15) is 0 Å². The van der Waals surface area contributed by atoms with Gasteiger partial charge in [0.05, 0.1) is 11.2 Å². The average Bonchev–Trinajstić information content (AvgIpc) is 3.75. The van der Waals surface area contributed by atoms with E-state index in [-0.39, 0.29) is 35.5 Å². The van der Waals surface area contributed by atoms with E-state index in [0.29, 0.717) is 38.6 Å². The van der Waals surface area contributed by atoms with Crippen molar-refractivity contribution in [2.24, 2.45) is 29.4 Å². The first-order valence-corrected chi connectivity index (χ1v) is 14.2. The first-order chi connectivity index (χ1) is 16.8. The van der Waals surface area contributed by atoms with Crippen LogP contribution in [0.1, 0.15) is 57.8 Å². The lowest BCUT2D eigenvalue weighted by atomic mass is 9.93. The lowest BCUT2D eigenvalue weighted by molar-refractivity contribution is -0.130. The van der Waals surface area contributed by atoms with E-state index in [9.17, 15) is 22.8 Å². The standard InChI is InChI=1S/C26H35N3O5S/c27-24(30)21-12-8-13-22(21)26(32)29(19-10-5-3-6-11-19)16-7-2-1-4-9-18-17-23(18)25(31)28-35(33,34)20-14-15-20/h3-6,9-11,18,20-23H,1-2,7-8,12-17H2,(H2,27,30)(H,28,31)/b9-4-/t18-,21-,22-,23+/m1/s1. The monoisotopic (exact) mass is 501 g/mol. The summed E-state index contributed by atoms with van der Waals surface area (Å²) in [6.07, 6.45) is 10.7. The van der Waals surface area contributed by atoms with Gasteiger partial charge in [0.25, 0.3) is 0 Å². The molecular formula is C26H35N3O5S. The van der Waals surface area contributed by atoms with Crippen LogP contribution in [-0.4, -0.2) is 37.9 Å². The van der Waals surface area contributed by atoms with Crippen LogP contribution in [0.5, 0.6) is 0 Å². The number of nitrogens with two attached hydrogens (primary N) is 1. The van der Waals surface area contributed by atoms with Gasteiger partial charge in [0.1, 0.15) is 0 Å². The normalized spacial score (nSPS) is 25.9. The number of rotatable bonds is 12. The molecule has 9 heteroatoms. The fourth-order valence-corrected chi connectivity index (χ4v) is 6.34. The SMILES string of the molecule is NC(=O)[C@@H]1CCC[C@H]1C(=O)N(CCCC/C=C\[C@@H]1C[C@@H]1C(=O)NS(=O)(=O)C1CC1)c1ccccc1. The zero-order valence-electron chi connectivity index (χ0n) is 20.0. The van der Waals surface area contributed by atoms with E-state index in [1.165, 1.54) is 0 Å². The molecule has 3 aliphatic rings. The lowest BCUT2D eigenvalue weighted by Gasteiger charge is -2.27. The molecule has 1 aromatic carbocycles. The third kappa shape index (κ3) is 6.51. The Kier molecular flexibility index (Phi) is 7.94. The van der Waals surface area contributed by atoms with Crippen LogP contribution in [0.2, 0.25) is 0 Å². The molecule has 4 atom stereocenters. The van der Waals surface area contributed by atoms with Gasteiger partial charge >= 0.3 is 0 Å². The third-order valence-corrected chi connectivity index (χ3v) is 9.14. The minimum absolute atomic E-state index is 0.0268. The number of sulfonamides is 1. The number of para-hydroxylation sites is 1. The fraction of sp³-hybridized carbons (Fsp3) is 0.577. The smallest absolute Gasteiger partial charge is 0.237 e. The second-order valence-electron chi connectivity index (χ2n) is 10.0. The van der Waals surface area contributed by atoms with E-state index >= 15 is 0 Å². The maximum absolute atomic E-state index is 13.3. The molecule has 0 bridgehead atoms. The highest BCUT2D eigenvalue weighted by Crippen LogP contribution is 2.40. The van der Waals surface area contributed by atoms with Crippen LogP contribution >= 0.6 is 0 Å². The van der Waals surface area contributed by atoms with Crippen LogP contribution in [0.3, 0.4) is 0 Å². The highest BCUT2D eigenvalue weighted by Gasteiger charge is 2.45. The Morgan fingerprint density at radius 2 is 1.71 bits per heavy atom. The van der Waals surface area contributed by atoms with E-state index in [4.69, 9.17) is 5.73 Å². The van der Waals surface area contributed by atoms with Gasteiger partial charge in [0.2, 0.25) is 27.7 Å². The Labute approximate surface area is 207 Å². The van der Waals surface area contributed by atoms with Crippen molar-refractivity contribution in [3.05, 3.63) is 42.5 Å². The van der Waals surface area contributed by atoms with E-state index in [1.807, 2.05) is 42.5 Å². The van der Waals surface area contributed by atoms with Gasteiger partial charge in [-0.1, -0.05) is 36.8 Å². The second kappa shape index (κ2) is 10.9. The van der Waals surface area contributed by atoms with Crippen molar-refractivity contribution < 1.29 is 22.8 Å². The number of hydrogen-bond donors (Lipinski definition) is 2. The number of primary amides is 1. The summed E-state index contributed by atoms with van der Waals surface area (Å²) in [6, 6.07) is 9.53. The van der Waals surface area contributed by atoms with Crippen molar-refractivity contribution in [3.8, 4) is 0 Å². The number of anilines is 1. The summed E-state index contributed by atoms with van der Waals surface area (Å²) in [5.41, 5.74) is 6.38. The van der Waals surface area contributed by atoms with E-state index in [0.717, 1.165) is 31.4 Å². The van der Waals surface area contributed by atoms with Crippen LogP contribution < -0.4 is 15.4 Å². The molecule has 3 fully saturated rings. The van der Waals surface area contributed by atoms with Crippen molar-refractivity contribution in [1.82, 2.24) is 4.72 Å². The van der Waals surface area contributed by atoms with Gasteiger partial charge in [0.15, 0.2) is 0 Å². The summed E-state index contributed by atoms with van der Waals surface area (Å²) in [7, 11) is -3.48. The zero-order chi connectivity index (χ0) is 25.0. The summed E-state index contributed by atoms with van der Waals surface area (Å²) in [6.45, 7) is 0.562. The number of benzene rings is 1. The summed E-state index contributed by atoms with van der Waals surface area (Å²) in [4.78, 5) is 39.1. The number of nitrogens with one attached hydrogen (secondary N) is 1. The minimum Gasteiger partial charge on any atom is -0.369 e. The molecule has 1 aromatic rings. The number of unbranched alkanes of at least 4 members (excludes halogenated alkanes) is 2. The maximum atomic E-state index is 13.3. The van der Waals surface area contributed by atoms with Gasteiger partial charge in [-0.25, -0.2) is 8.42 Å². The number of hydrogen-bond acceptors (Lipinski definition) is 5. The Morgan fingerprint density at radius 3 is 2.40 bits per heavy atom. The molecule has 35 heavy (non-hydrogen) atoms. The van der Waals surface area contributed by atoms with Gasteiger partial charge in [-0.15, -0.1) is 0 Å². The molecule has 0 aliphatic heterocycles. The quantitative estimate of drug-likeness (QED) is 0.336. The highest BCUT2D eigenvalue weighted by atomic mass is 32.2. The first kappa shape index (κ1) is 25.4. The van der Waals surface area contributed by atoms with Crippen molar-refractivity contribution in [3.63, 3.8) is 0 Å². The van der Waals surface area contributed by atoms with Crippen LogP contribution in [0, 0.1) is 23.7 Å². The van der Waals surface area contributed by atoms with Crippen molar-refractivity contribution in [1.29, 1.82) is 0 Å². The zero-order valence-corrected chi connectivity index (χ0v) is 20.8. The maximum Gasteiger partial charge on any atom is 0.237 e. The van der Waals surface area contributed by atoms with Gasteiger partial charge in [0, 0.05) is 24.1 Å². The third-order valence-electron chi connectivity index (χ3n) is 7.30. The lowest BCUT2D eigenvalue weighted by Crippen LogP contribution is -2.41. The molecule has 3 N–H and O–H groups in total. The molecule has 0 heterocycles. The van der Waals surface area contributed by atoms with E-state index in [1.54, 1.807) is 4.90 Å². The predicted molar refractivity (Wildman–Crippen MR) is 133 cm³/mol. The van der Waals surface area contributed by atoms with E-state index < -0.39 is 21.2 Å². The van der Waals surface area contributed by atoms with Gasteiger partial charge in [-0.05, 0) is 69.4 Å². The molecule has 0 aromatic heterocycles. The van der Waals surface area contributed by atoms with Crippen LogP contribution in [0.25, 0.3) is 0 Å². The van der Waals surface area contributed by atoms with Crippen LogP contribution in [0.15, 0.2) is 42.5 Å². The van der Waals surface area contributed by atoms with Crippen molar-refractivity contribution in [2.45, 2.75) is 63.0 Å². The molecule has 0 saturated heterocycles. The van der Waals surface area contributed by atoms with Gasteiger partial charge in [-0.3, -0.25) is 19.1 Å². The molecule has 4 rings (SSSR count). The molecule has 0 spiro atoms. The second-order valence-corrected chi connectivity index (χ2v) is 12.0. The average molecular weight is 502 g/mol. The molecule has 0 unspecified atom stereocenters. The fourth-order valence-electron chi connectivity index (χ4n) is 4.98. The largest absolute Gasteiger partial charge is 0.369 e. The molecular weight excluding hydrogens is 466 g/mol. The summed E-state index contributed by atoms with van der Waals surface area (Å²) >= 11 is 0. The highest BCUT2D eigenvalue weighted by molar-refractivity contribution is 7.90. The summed E-state index contributed by atoms with van der Waals surface area (Å²) in [5, 5.41) is -0.392. The van der Waals surface area contributed by atoms with Crippen LogP contribution in [-0.2, 0) is 24.4 Å². The van der Waals surface area contributed by atoms with Crippen molar-refractivity contribution >= 4 is 33.4 Å². The Morgan fingerprint density at radius 1 is 1.00 bits per heavy atom. The molecule has 3 aliphatic carbocycles. The Hall–Kier alpha value is -2.68. The molecule has 8 nitrogen and oxygen atoms in total. The molecule has 190 valence electrons. The number of carbonyl (C=O) groups excluding carboxylic acids is 3. The number of nitrogens with zero attached hydrogens (tertiary/aromatic N) is 1. The molecule has 3 amide bonds. The van der Waals surface area contributed by atoms with Crippen molar-refractivity contribution in [2.75, 3.05) is 11.4 Å². The topological polar surface area (TPSA) is 127 Å². The molecule has 0 radical (unpaired) electrons. The Bertz CT molecular complexity index is 1070. The number of amides is 3. The number of carbonyl (C=O) groups is 3. The first-order valence-electron chi connectivity index (χ1n) is 12.7. The predicted octanol–water partition coefficient (Wildman–Crippen LogP) is 2.89. The van der Waals surface area contributed by atoms with Crippen LogP contribution in [0.4, 0.5) is 5.69 Å². The van der Waals surface area contributed by atoms with Gasteiger partial charge < -0.3 is 10.6 Å². The molecule has 3 saturated carbocycles.